The number of rotatable bonds is 7. The van der Waals surface area contributed by atoms with E-state index in [1.807, 2.05) is 0 Å². The Morgan fingerprint density at radius 1 is 1.17 bits per heavy atom. The number of nitrogens with zero attached hydrogens (tertiary/aromatic N) is 4. The second-order valence-electron chi connectivity index (χ2n) is 5.79. The molecule has 156 valence electrons. The van der Waals surface area contributed by atoms with Gasteiger partial charge >= 0.3 is 0 Å². The molecule has 12 heteroatoms. The Morgan fingerprint density at radius 2 is 1.90 bits per heavy atom. The lowest BCUT2D eigenvalue weighted by Gasteiger charge is -2.13. The molecular formula is C18H15Cl3N6O3. The molecule has 0 unspecified atom stereocenters. The average Bonchev–Trinajstić information content (AvgIpc) is 3.13. The molecule has 0 saturated heterocycles. The Bertz CT molecular complexity index is 1090. The first-order valence-electron chi connectivity index (χ1n) is 8.28. The molecule has 0 bridgehead atoms. The van der Waals surface area contributed by atoms with Gasteiger partial charge in [-0.1, -0.05) is 34.8 Å². The van der Waals surface area contributed by atoms with Crippen molar-refractivity contribution in [3.63, 3.8) is 0 Å². The van der Waals surface area contributed by atoms with Crippen LogP contribution in [0.25, 0.3) is 0 Å². The zero-order valence-electron chi connectivity index (χ0n) is 15.5. The van der Waals surface area contributed by atoms with Crippen molar-refractivity contribution in [1.82, 2.24) is 10.3 Å². The first kappa shape index (κ1) is 21.7. The van der Waals surface area contributed by atoms with E-state index in [0.717, 1.165) is 5.56 Å². The van der Waals surface area contributed by atoms with Gasteiger partial charge in [-0.05, 0) is 46.2 Å². The molecule has 0 atom stereocenters. The molecule has 1 heterocycles. The Hall–Kier alpha value is -3.01. The summed E-state index contributed by atoms with van der Waals surface area (Å²) in [6, 6.07) is 8.44. The van der Waals surface area contributed by atoms with Crippen LogP contribution >= 0.6 is 34.8 Å². The van der Waals surface area contributed by atoms with Crippen molar-refractivity contribution >= 4 is 52.7 Å². The van der Waals surface area contributed by atoms with Crippen molar-refractivity contribution in [3.8, 4) is 11.5 Å². The summed E-state index contributed by atoms with van der Waals surface area (Å²) in [5.74, 6) is 0.918. The lowest BCUT2D eigenvalue weighted by molar-refractivity contribution is 0.297. The van der Waals surface area contributed by atoms with Gasteiger partial charge in [-0.2, -0.15) is 5.10 Å². The van der Waals surface area contributed by atoms with E-state index in [2.05, 4.69) is 25.1 Å². The van der Waals surface area contributed by atoms with Gasteiger partial charge in [-0.25, -0.2) is 4.63 Å². The minimum atomic E-state index is -0.0332. The minimum absolute atomic E-state index is 0.0230. The van der Waals surface area contributed by atoms with E-state index in [1.165, 1.54) is 6.21 Å². The van der Waals surface area contributed by atoms with Gasteiger partial charge in [0.15, 0.2) is 23.1 Å². The van der Waals surface area contributed by atoms with Crippen LogP contribution in [0.15, 0.2) is 45.2 Å². The number of amidine groups is 1. The highest BCUT2D eigenvalue weighted by Crippen LogP contribution is 2.36. The summed E-state index contributed by atoms with van der Waals surface area (Å²) < 4.78 is 15.6. The van der Waals surface area contributed by atoms with Crippen molar-refractivity contribution in [1.29, 1.82) is 0 Å². The van der Waals surface area contributed by atoms with E-state index in [4.69, 9.17) is 55.7 Å². The highest BCUT2D eigenvalue weighted by molar-refractivity contribution is 6.40. The molecular weight excluding hydrogens is 455 g/mol. The fourth-order valence-electron chi connectivity index (χ4n) is 2.39. The van der Waals surface area contributed by atoms with E-state index in [1.54, 1.807) is 37.4 Å². The normalized spacial score (nSPS) is 11.8. The van der Waals surface area contributed by atoms with E-state index < -0.39 is 0 Å². The van der Waals surface area contributed by atoms with Crippen LogP contribution in [0.2, 0.25) is 15.1 Å². The monoisotopic (exact) mass is 468 g/mol. The van der Waals surface area contributed by atoms with Gasteiger partial charge in [0.2, 0.25) is 0 Å². The summed E-state index contributed by atoms with van der Waals surface area (Å²) >= 11 is 18.2. The Labute approximate surface area is 186 Å². The maximum absolute atomic E-state index is 6.16. The van der Waals surface area contributed by atoms with Crippen LogP contribution in [0.4, 0.5) is 5.82 Å². The topological polar surface area (TPSA) is 134 Å². The molecule has 30 heavy (non-hydrogen) atoms. The van der Waals surface area contributed by atoms with E-state index >= 15 is 0 Å². The van der Waals surface area contributed by atoms with Crippen molar-refractivity contribution in [2.45, 2.75) is 6.61 Å². The number of aromatic nitrogens is 2. The predicted octanol–water partition coefficient (Wildman–Crippen LogP) is 3.94. The Kier molecular flexibility index (Phi) is 6.99. The van der Waals surface area contributed by atoms with Crippen LogP contribution in [-0.4, -0.2) is 29.5 Å². The molecule has 3 aromatic rings. The number of methoxy groups -OCH3 is 1. The Balaban J connectivity index is 1.78. The number of hydrogen-bond donors (Lipinski definition) is 2. The number of hydrogen-bond acceptors (Lipinski definition) is 8. The van der Waals surface area contributed by atoms with Crippen LogP contribution < -0.4 is 20.9 Å². The lowest BCUT2D eigenvalue weighted by atomic mass is 10.1. The predicted molar refractivity (Wildman–Crippen MR) is 116 cm³/mol. The summed E-state index contributed by atoms with van der Waals surface area (Å²) in [4.78, 5) is 0. The zero-order chi connectivity index (χ0) is 21.7. The Morgan fingerprint density at radius 3 is 2.53 bits per heavy atom. The van der Waals surface area contributed by atoms with Crippen molar-refractivity contribution in [3.05, 3.63) is 62.2 Å². The van der Waals surface area contributed by atoms with Crippen molar-refractivity contribution in [2.75, 3.05) is 12.8 Å². The average molecular weight is 470 g/mol. The van der Waals surface area contributed by atoms with Crippen LogP contribution in [0.3, 0.4) is 0 Å². The van der Waals surface area contributed by atoms with E-state index in [0.29, 0.717) is 32.1 Å². The fourth-order valence-corrected chi connectivity index (χ4v) is 3.31. The van der Waals surface area contributed by atoms with Gasteiger partial charge < -0.3 is 20.9 Å². The van der Waals surface area contributed by atoms with E-state index in [9.17, 15) is 0 Å². The summed E-state index contributed by atoms with van der Waals surface area (Å²) in [6.45, 7) is 0.137. The fraction of sp³-hybridized carbons (Fsp3) is 0.111. The third-order valence-electron chi connectivity index (χ3n) is 3.77. The first-order valence-corrected chi connectivity index (χ1v) is 9.41. The van der Waals surface area contributed by atoms with Crippen LogP contribution in [0.1, 0.15) is 16.8 Å². The van der Waals surface area contributed by atoms with Gasteiger partial charge in [0.1, 0.15) is 12.4 Å². The largest absolute Gasteiger partial charge is 0.496 e. The standard InChI is InChI=1S/C18H15Cl3N6O3/c1-28-14-3-2-9(7-24-25-17(22)15-18(23)27-30-26-15)4-10(14)8-29-16-12(20)5-11(19)6-13(16)21/h2-7H,8H2,1H3,(H2,22,25)(H2,23,27)/b24-7+. The van der Waals surface area contributed by atoms with Gasteiger partial charge in [0.05, 0.1) is 23.4 Å². The SMILES string of the molecule is COc1ccc(/C=N/N=C(\N)c2nonc2N)cc1COc1c(Cl)cc(Cl)cc1Cl. The van der Waals surface area contributed by atoms with Crippen LogP contribution in [0.5, 0.6) is 11.5 Å². The maximum Gasteiger partial charge on any atom is 0.199 e. The van der Waals surface area contributed by atoms with Crippen molar-refractivity contribution in [2.24, 2.45) is 15.9 Å². The van der Waals surface area contributed by atoms with E-state index in [-0.39, 0.29) is 24.0 Å². The highest BCUT2D eigenvalue weighted by Gasteiger charge is 2.12. The molecule has 0 amide bonds. The van der Waals surface area contributed by atoms with Crippen LogP contribution in [0, 0.1) is 0 Å². The lowest BCUT2D eigenvalue weighted by Crippen LogP contribution is -2.15. The number of benzene rings is 2. The number of nitrogen functional groups attached to an aromatic ring is 1. The molecule has 0 fully saturated rings. The number of anilines is 1. The van der Waals surface area contributed by atoms with Gasteiger partial charge in [-0.3, -0.25) is 0 Å². The molecule has 9 nitrogen and oxygen atoms in total. The summed E-state index contributed by atoms with van der Waals surface area (Å²) in [5, 5.41) is 15.7. The third-order valence-corrected chi connectivity index (χ3v) is 4.55. The second kappa shape index (κ2) is 9.66. The molecule has 0 radical (unpaired) electrons. The molecule has 2 aromatic carbocycles. The summed E-state index contributed by atoms with van der Waals surface area (Å²) in [7, 11) is 1.55. The third kappa shape index (κ3) is 5.12. The van der Waals surface area contributed by atoms with Crippen LogP contribution in [-0.2, 0) is 6.61 Å². The molecule has 4 N–H and O–H groups in total. The molecule has 0 aliphatic carbocycles. The molecule has 0 aliphatic heterocycles. The number of nitrogens with two attached hydrogens (primary N) is 2. The number of ether oxygens (including phenoxy) is 2. The molecule has 0 saturated carbocycles. The molecule has 3 rings (SSSR count). The molecule has 1 aromatic heterocycles. The highest BCUT2D eigenvalue weighted by atomic mass is 35.5. The van der Waals surface area contributed by atoms with Gasteiger partial charge in [-0.15, -0.1) is 5.10 Å². The second-order valence-corrected chi connectivity index (χ2v) is 7.04. The van der Waals surface area contributed by atoms with Gasteiger partial charge in [0, 0.05) is 10.6 Å². The number of halogens is 3. The minimum Gasteiger partial charge on any atom is -0.496 e. The molecule has 0 spiro atoms. The quantitative estimate of drug-likeness (QED) is 0.304. The van der Waals surface area contributed by atoms with Gasteiger partial charge in [0.25, 0.3) is 0 Å². The maximum atomic E-state index is 6.16. The summed E-state index contributed by atoms with van der Waals surface area (Å²) in [5.41, 5.74) is 12.9. The molecule has 0 aliphatic rings. The zero-order valence-corrected chi connectivity index (χ0v) is 17.7. The van der Waals surface area contributed by atoms with Crippen molar-refractivity contribution < 1.29 is 14.1 Å². The smallest absolute Gasteiger partial charge is 0.199 e. The summed E-state index contributed by atoms with van der Waals surface area (Å²) in [6.07, 6.45) is 1.49. The first-order chi connectivity index (χ1) is 14.4.